The Hall–Kier alpha value is -6.17. The Balaban J connectivity index is 1.13. The number of carbonyl (C=O) groups is 2. The van der Waals surface area contributed by atoms with Gasteiger partial charge < -0.3 is 27.6 Å². The van der Waals surface area contributed by atoms with Gasteiger partial charge in [0.1, 0.15) is 11.7 Å². The number of nitrogens with zero attached hydrogens (tertiary/aromatic N) is 8. The molecule has 3 aromatic heterocycles. The fourth-order valence-electron chi connectivity index (χ4n) is 4.56. The van der Waals surface area contributed by atoms with Gasteiger partial charge in [0, 0.05) is 23.4 Å². The molecule has 1 amide bonds. The maximum absolute atomic E-state index is 12.8. The molecule has 15 heteroatoms. The molecule has 3 heterocycles. The lowest BCUT2D eigenvalue weighted by Crippen LogP contribution is -2.40. The Labute approximate surface area is 250 Å². The summed E-state index contributed by atoms with van der Waals surface area (Å²) in [5.74, 6) is -1.44. The standard InChI is InChI=1S/C29H28N12O3/c30-13-18-12-19(31)8-10-21(18)23-15-41(40-39-23)11-1-2-22(28(43)44)36-27(42)17-6-3-16(4-7-17)5-9-20-14-34-26-24(35-20)25(32)37-29(33)38-26/h3-4,6-8,10,12,14-15,22H,1-2,5,9,11,31H2,(H,36,42)(H,43,44)(H4,32,33,34,37,38)/t22-/m0/s1. The van der Waals surface area contributed by atoms with E-state index in [9.17, 15) is 20.0 Å². The second-order valence-corrected chi connectivity index (χ2v) is 9.99. The second-order valence-electron chi connectivity index (χ2n) is 9.99. The summed E-state index contributed by atoms with van der Waals surface area (Å²) in [6.07, 6.45) is 5.05. The predicted octanol–water partition coefficient (Wildman–Crippen LogP) is 1.75. The van der Waals surface area contributed by atoms with Crippen LogP contribution in [0.15, 0.2) is 54.9 Å². The molecule has 44 heavy (non-hydrogen) atoms. The van der Waals surface area contributed by atoms with Crippen LogP contribution < -0.4 is 22.5 Å². The minimum absolute atomic E-state index is 0.0312. The molecular weight excluding hydrogens is 564 g/mol. The SMILES string of the molecule is N#Cc1cc(N)ccc1-c1cn(CCC[C@H](NC(=O)c2ccc(CCc3cnc4nc(N)nc(N)c4n3)cc2)C(=O)O)nn1. The third kappa shape index (κ3) is 6.82. The highest BCUT2D eigenvalue weighted by Crippen LogP contribution is 2.23. The number of nitrogens with one attached hydrogen (secondary N) is 1. The third-order valence-electron chi connectivity index (χ3n) is 6.85. The molecule has 2 aromatic carbocycles. The van der Waals surface area contributed by atoms with Gasteiger partial charge in [0.05, 0.1) is 29.7 Å². The lowest BCUT2D eigenvalue weighted by atomic mass is 10.0. The lowest BCUT2D eigenvalue weighted by Gasteiger charge is -2.14. The van der Waals surface area contributed by atoms with Crippen molar-refractivity contribution in [3.63, 3.8) is 0 Å². The van der Waals surface area contributed by atoms with Crippen molar-refractivity contribution in [2.24, 2.45) is 0 Å². The Morgan fingerprint density at radius 3 is 2.59 bits per heavy atom. The molecule has 0 unspecified atom stereocenters. The number of benzene rings is 2. The average Bonchev–Trinajstić information content (AvgIpc) is 3.48. The molecule has 0 saturated carbocycles. The molecule has 0 fully saturated rings. The number of carboxylic acid groups (broad SMARTS) is 1. The minimum Gasteiger partial charge on any atom is -0.480 e. The number of carboxylic acids is 1. The number of aryl methyl sites for hydroxylation is 3. The van der Waals surface area contributed by atoms with Crippen LogP contribution >= 0.6 is 0 Å². The van der Waals surface area contributed by atoms with Crippen LogP contribution in [-0.4, -0.2) is 58.0 Å². The highest BCUT2D eigenvalue weighted by atomic mass is 16.4. The van der Waals surface area contributed by atoms with E-state index in [1.807, 2.05) is 0 Å². The fraction of sp³-hybridized carbons (Fsp3) is 0.207. The first-order valence-corrected chi connectivity index (χ1v) is 13.6. The average molecular weight is 593 g/mol. The number of nitrogen functional groups attached to an aromatic ring is 3. The second kappa shape index (κ2) is 12.8. The van der Waals surface area contributed by atoms with Crippen LogP contribution in [0.3, 0.4) is 0 Å². The Morgan fingerprint density at radius 1 is 1.05 bits per heavy atom. The summed E-state index contributed by atoms with van der Waals surface area (Å²) >= 11 is 0. The number of nitrogens with two attached hydrogens (primary N) is 3. The van der Waals surface area contributed by atoms with Crippen molar-refractivity contribution in [3.8, 4) is 17.3 Å². The first-order valence-electron chi connectivity index (χ1n) is 13.6. The quantitative estimate of drug-likeness (QED) is 0.137. The van der Waals surface area contributed by atoms with Crippen LogP contribution in [0.5, 0.6) is 0 Å². The molecule has 15 nitrogen and oxygen atoms in total. The number of amides is 1. The van der Waals surface area contributed by atoms with Crippen LogP contribution in [0.4, 0.5) is 17.5 Å². The maximum atomic E-state index is 12.8. The lowest BCUT2D eigenvalue weighted by molar-refractivity contribution is -0.139. The van der Waals surface area contributed by atoms with Gasteiger partial charge in [0.15, 0.2) is 17.0 Å². The monoisotopic (exact) mass is 592 g/mol. The molecule has 0 aliphatic rings. The first kappa shape index (κ1) is 29.3. The number of nitriles is 1. The summed E-state index contributed by atoms with van der Waals surface area (Å²) in [6.45, 7) is 0.369. The number of carbonyl (C=O) groups excluding carboxylic acids is 1. The zero-order valence-corrected chi connectivity index (χ0v) is 23.4. The molecule has 222 valence electrons. The molecule has 5 aromatic rings. The van der Waals surface area contributed by atoms with Crippen LogP contribution in [0, 0.1) is 11.3 Å². The molecule has 0 aliphatic carbocycles. The van der Waals surface area contributed by atoms with Gasteiger partial charge in [-0.3, -0.25) is 9.48 Å². The van der Waals surface area contributed by atoms with Crippen molar-refractivity contribution in [1.82, 2.24) is 40.2 Å². The summed E-state index contributed by atoms with van der Waals surface area (Å²) in [4.78, 5) is 41.4. The minimum atomic E-state index is -1.14. The number of rotatable bonds is 11. The first-order chi connectivity index (χ1) is 21.2. The summed E-state index contributed by atoms with van der Waals surface area (Å²) < 4.78 is 1.56. The van der Waals surface area contributed by atoms with E-state index in [2.05, 4.69) is 41.6 Å². The third-order valence-corrected chi connectivity index (χ3v) is 6.85. The molecule has 0 aliphatic heterocycles. The highest BCUT2D eigenvalue weighted by molar-refractivity contribution is 5.96. The van der Waals surface area contributed by atoms with E-state index >= 15 is 0 Å². The van der Waals surface area contributed by atoms with Gasteiger partial charge >= 0.3 is 5.97 Å². The van der Waals surface area contributed by atoms with E-state index in [-0.39, 0.29) is 18.2 Å². The van der Waals surface area contributed by atoms with E-state index < -0.39 is 17.9 Å². The number of aliphatic carboxylic acids is 1. The number of fused-ring (bicyclic) bond motifs is 1. The summed E-state index contributed by atoms with van der Waals surface area (Å²) in [5, 5.41) is 29.9. The van der Waals surface area contributed by atoms with E-state index in [1.165, 1.54) is 0 Å². The molecule has 8 N–H and O–H groups in total. The number of hydrogen-bond donors (Lipinski definition) is 5. The van der Waals surface area contributed by atoms with E-state index in [0.717, 1.165) is 5.56 Å². The smallest absolute Gasteiger partial charge is 0.326 e. The zero-order chi connectivity index (χ0) is 31.2. The van der Waals surface area contributed by atoms with Gasteiger partial charge in [-0.2, -0.15) is 15.2 Å². The summed E-state index contributed by atoms with van der Waals surface area (Å²) in [7, 11) is 0. The largest absolute Gasteiger partial charge is 0.480 e. The van der Waals surface area contributed by atoms with Gasteiger partial charge in [-0.15, -0.1) is 5.10 Å². The van der Waals surface area contributed by atoms with E-state index in [4.69, 9.17) is 17.2 Å². The van der Waals surface area contributed by atoms with Crippen molar-refractivity contribution in [2.75, 3.05) is 17.2 Å². The molecule has 5 rings (SSSR count). The molecule has 1 atom stereocenters. The summed E-state index contributed by atoms with van der Waals surface area (Å²) in [6, 6.07) is 12.8. The molecule has 0 spiro atoms. The van der Waals surface area contributed by atoms with Crippen LogP contribution in [0.1, 0.15) is 40.0 Å². The topological polar surface area (TPSA) is 251 Å². The molecular formula is C29H28N12O3. The van der Waals surface area contributed by atoms with Crippen molar-refractivity contribution < 1.29 is 14.7 Å². The molecule has 0 saturated heterocycles. The Bertz CT molecular complexity index is 1880. The molecule has 0 bridgehead atoms. The van der Waals surface area contributed by atoms with Gasteiger partial charge in [-0.1, -0.05) is 17.3 Å². The fourth-order valence-corrected chi connectivity index (χ4v) is 4.56. The number of aromatic nitrogens is 7. The van der Waals surface area contributed by atoms with Crippen molar-refractivity contribution in [3.05, 3.63) is 77.2 Å². The van der Waals surface area contributed by atoms with Gasteiger partial charge in [0.2, 0.25) is 5.95 Å². The Kier molecular flexibility index (Phi) is 8.52. The zero-order valence-electron chi connectivity index (χ0n) is 23.4. The van der Waals surface area contributed by atoms with Crippen molar-refractivity contribution in [1.29, 1.82) is 5.26 Å². The van der Waals surface area contributed by atoms with Crippen LogP contribution in [0.25, 0.3) is 22.4 Å². The maximum Gasteiger partial charge on any atom is 0.326 e. The normalized spacial score (nSPS) is 11.6. The van der Waals surface area contributed by atoms with Crippen molar-refractivity contribution in [2.45, 2.75) is 38.3 Å². The van der Waals surface area contributed by atoms with Gasteiger partial charge in [-0.25, -0.2) is 14.8 Å². The Morgan fingerprint density at radius 2 is 1.84 bits per heavy atom. The summed E-state index contributed by atoms with van der Waals surface area (Å²) in [5.41, 5.74) is 21.9. The van der Waals surface area contributed by atoms with E-state index in [1.54, 1.807) is 59.5 Å². The van der Waals surface area contributed by atoms with Gasteiger partial charge in [-0.05, 0) is 61.6 Å². The number of hydrogen-bond acceptors (Lipinski definition) is 12. The number of anilines is 3. The van der Waals surface area contributed by atoms with E-state index in [0.29, 0.717) is 70.7 Å². The predicted molar refractivity (Wildman–Crippen MR) is 161 cm³/mol. The van der Waals surface area contributed by atoms with Crippen LogP contribution in [0.2, 0.25) is 0 Å². The van der Waals surface area contributed by atoms with Crippen LogP contribution in [-0.2, 0) is 24.2 Å². The van der Waals surface area contributed by atoms with Crippen molar-refractivity contribution >= 4 is 40.5 Å². The molecule has 0 radical (unpaired) electrons. The highest BCUT2D eigenvalue weighted by Gasteiger charge is 2.21. The van der Waals surface area contributed by atoms with Gasteiger partial charge in [0.25, 0.3) is 5.91 Å².